The number of carbonyl (C=O) groups is 1. The smallest absolute Gasteiger partial charge is 0.230 e. The highest BCUT2D eigenvalue weighted by atomic mass is 35.5. The molecule has 1 saturated carbocycles. The summed E-state index contributed by atoms with van der Waals surface area (Å²) in [7, 11) is 1.93. The monoisotopic (exact) mass is 248 g/mol. The first-order valence-electron chi connectivity index (χ1n) is 6.08. The molecular formula is C12H25ClN2O. The van der Waals surface area contributed by atoms with E-state index in [0.717, 1.165) is 25.7 Å². The van der Waals surface area contributed by atoms with Gasteiger partial charge >= 0.3 is 0 Å². The van der Waals surface area contributed by atoms with Crippen LogP contribution in [0.4, 0.5) is 0 Å². The molecule has 0 bridgehead atoms. The molecule has 0 aromatic carbocycles. The Morgan fingerprint density at radius 1 is 1.38 bits per heavy atom. The average molecular weight is 249 g/mol. The van der Waals surface area contributed by atoms with E-state index in [1.54, 1.807) is 0 Å². The van der Waals surface area contributed by atoms with Crippen LogP contribution in [0.2, 0.25) is 0 Å². The molecule has 16 heavy (non-hydrogen) atoms. The van der Waals surface area contributed by atoms with Crippen LogP contribution in [0.3, 0.4) is 0 Å². The summed E-state index contributed by atoms with van der Waals surface area (Å²) in [5.41, 5.74) is 5.46. The minimum absolute atomic E-state index is 0. The van der Waals surface area contributed by atoms with E-state index in [2.05, 4.69) is 13.8 Å². The highest BCUT2D eigenvalue weighted by Crippen LogP contribution is 2.32. The van der Waals surface area contributed by atoms with Crippen molar-refractivity contribution >= 4 is 18.3 Å². The van der Waals surface area contributed by atoms with E-state index >= 15 is 0 Å². The van der Waals surface area contributed by atoms with Crippen molar-refractivity contribution in [2.75, 3.05) is 13.6 Å². The van der Waals surface area contributed by atoms with Crippen LogP contribution in [0.25, 0.3) is 0 Å². The fraction of sp³-hybridized carbons (Fsp3) is 0.917. The van der Waals surface area contributed by atoms with Crippen molar-refractivity contribution in [1.82, 2.24) is 4.90 Å². The predicted octanol–water partition coefficient (Wildman–Crippen LogP) is 2.18. The molecule has 0 heterocycles. The summed E-state index contributed by atoms with van der Waals surface area (Å²) in [5.74, 6) is 0.250. The summed E-state index contributed by atoms with van der Waals surface area (Å²) in [5, 5.41) is 0. The number of carbonyl (C=O) groups excluding carboxylic acids is 1. The SMILES string of the molecule is CCC(CC)(CN)C(=O)N(C)C1CCC1.Cl. The molecule has 1 amide bonds. The molecule has 0 radical (unpaired) electrons. The summed E-state index contributed by atoms with van der Waals surface area (Å²) in [4.78, 5) is 14.3. The Morgan fingerprint density at radius 3 is 2.12 bits per heavy atom. The van der Waals surface area contributed by atoms with E-state index in [9.17, 15) is 4.79 Å². The molecule has 0 aliphatic heterocycles. The Bertz CT molecular complexity index is 217. The highest BCUT2D eigenvalue weighted by molar-refractivity contribution is 5.85. The lowest BCUT2D eigenvalue weighted by Crippen LogP contribution is -2.51. The zero-order chi connectivity index (χ0) is 11.5. The topological polar surface area (TPSA) is 46.3 Å². The second-order valence-corrected chi connectivity index (χ2v) is 4.69. The first-order valence-corrected chi connectivity index (χ1v) is 6.08. The van der Waals surface area contributed by atoms with Crippen LogP contribution < -0.4 is 5.73 Å². The Kier molecular flexibility index (Phi) is 6.34. The number of hydrogen-bond acceptors (Lipinski definition) is 2. The van der Waals surface area contributed by atoms with Gasteiger partial charge in [-0.2, -0.15) is 0 Å². The van der Waals surface area contributed by atoms with Crippen LogP contribution in [-0.4, -0.2) is 30.4 Å². The molecule has 4 heteroatoms. The lowest BCUT2D eigenvalue weighted by molar-refractivity contribution is -0.144. The molecule has 3 nitrogen and oxygen atoms in total. The van der Waals surface area contributed by atoms with Crippen molar-refractivity contribution in [2.24, 2.45) is 11.1 Å². The Hall–Kier alpha value is -0.280. The van der Waals surface area contributed by atoms with Crippen molar-refractivity contribution < 1.29 is 4.79 Å². The molecule has 2 N–H and O–H groups in total. The van der Waals surface area contributed by atoms with Crippen molar-refractivity contribution in [3.8, 4) is 0 Å². The zero-order valence-corrected chi connectivity index (χ0v) is 11.5. The maximum Gasteiger partial charge on any atom is 0.230 e. The number of hydrogen-bond donors (Lipinski definition) is 1. The minimum atomic E-state index is -0.315. The second kappa shape index (κ2) is 6.45. The summed E-state index contributed by atoms with van der Waals surface area (Å²) in [6, 6.07) is 0.474. The predicted molar refractivity (Wildman–Crippen MR) is 69.7 cm³/mol. The molecule has 96 valence electrons. The van der Waals surface area contributed by atoms with Gasteiger partial charge < -0.3 is 10.6 Å². The van der Waals surface area contributed by atoms with Crippen molar-refractivity contribution in [1.29, 1.82) is 0 Å². The molecule has 0 spiro atoms. The van der Waals surface area contributed by atoms with Crippen LogP contribution in [0.1, 0.15) is 46.0 Å². The second-order valence-electron chi connectivity index (χ2n) is 4.69. The van der Waals surface area contributed by atoms with Gasteiger partial charge in [0.15, 0.2) is 0 Å². The number of amides is 1. The fourth-order valence-corrected chi connectivity index (χ4v) is 2.24. The van der Waals surface area contributed by atoms with Crippen LogP contribution in [0.15, 0.2) is 0 Å². The van der Waals surface area contributed by atoms with Gasteiger partial charge in [0, 0.05) is 19.6 Å². The summed E-state index contributed by atoms with van der Waals surface area (Å²) >= 11 is 0. The number of nitrogens with zero attached hydrogens (tertiary/aromatic N) is 1. The maximum absolute atomic E-state index is 12.3. The molecule has 0 saturated heterocycles. The van der Waals surface area contributed by atoms with E-state index in [1.807, 2.05) is 11.9 Å². The minimum Gasteiger partial charge on any atom is -0.342 e. The molecular weight excluding hydrogens is 224 g/mol. The molecule has 1 rings (SSSR count). The van der Waals surface area contributed by atoms with Crippen molar-refractivity contribution in [3.63, 3.8) is 0 Å². The molecule has 0 aromatic rings. The third kappa shape index (κ3) is 2.69. The van der Waals surface area contributed by atoms with Gasteiger partial charge in [-0.05, 0) is 32.1 Å². The molecule has 0 aromatic heterocycles. The average Bonchev–Trinajstić information content (AvgIpc) is 2.18. The Morgan fingerprint density at radius 2 is 1.88 bits per heavy atom. The van der Waals surface area contributed by atoms with E-state index < -0.39 is 0 Å². The quantitative estimate of drug-likeness (QED) is 0.811. The van der Waals surface area contributed by atoms with E-state index in [1.165, 1.54) is 6.42 Å². The maximum atomic E-state index is 12.3. The first-order chi connectivity index (χ1) is 7.11. The van der Waals surface area contributed by atoms with Crippen LogP contribution >= 0.6 is 12.4 Å². The Labute approximate surface area is 105 Å². The third-order valence-electron chi connectivity index (χ3n) is 4.14. The van der Waals surface area contributed by atoms with Crippen molar-refractivity contribution in [3.05, 3.63) is 0 Å². The summed E-state index contributed by atoms with van der Waals surface area (Å²) < 4.78 is 0. The summed E-state index contributed by atoms with van der Waals surface area (Å²) in [6.07, 6.45) is 5.27. The van der Waals surface area contributed by atoms with Gasteiger partial charge in [0.25, 0.3) is 0 Å². The highest BCUT2D eigenvalue weighted by Gasteiger charge is 2.38. The number of nitrogens with two attached hydrogens (primary N) is 1. The third-order valence-corrected chi connectivity index (χ3v) is 4.14. The Balaban J connectivity index is 0.00000225. The van der Waals surface area contributed by atoms with Crippen LogP contribution in [0.5, 0.6) is 0 Å². The van der Waals surface area contributed by atoms with Crippen LogP contribution in [0, 0.1) is 5.41 Å². The normalized spacial score (nSPS) is 16.2. The van der Waals surface area contributed by atoms with Gasteiger partial charge in [0.2, 0.25) is 5.91 Å². The van der Waals surface area contributed by atoms with E-state index in [-0.39, 0.29) is 23.7 Å². The zero-order valence-electron chi connectivity index (χ0n) is 10.7. The summed E-state index contributed by atoms with van der Waals surface area (Å²) in [6.45, 7) is 4.58. The fourth-order valence-electron chi connectivity index (χ4n) is 2.24. The molecule has 1 fully saturated rings. The largest absolute Gasteiger partial charge is 0.342 e. The molecule has 1 aliphatic rings. The molecule has 1 aliphatic carbocycles. The van der Waals surface area contributed by atoms with Gasteiger partial charge in [0.1, 0.15) is 0 Å². The standard InChI is InChI=1S/C12H24N2O.ClH/c1-4-12(5-2,9-13)11(15)14(3)10-7-6-8-10;/h10H,4-9,13H2,1-3H3;1H. The van der Waals surface area contributed by atoms with Crippen molar-refractivity contribution in [2.45, 2.75) is 52.0 Å². The van der Waals surface area contributed by atoms with Crippen LogP contribution in [-0.2, 0) is 4.79 Å². The lowest BCUT2D eigenvalue weighted by atomic mass is 9.79. The van der Waals surface area contributed by atoms with E-state index in [4.69, 9.17) is 5.73 Å². The number of halogens is 1. The number of rotatable bonds is 5. The van der Waals surface area contributed by atoms with Gasteiger partial charge in [-0.15, -0.1) is 12.4 Å². The first kappa shape index (κ1) is 15.7. The van der Waals surface area contributed by atoms with Gasteiger partial charge in [-0.1, -0.05) is 13.8 Å². The van der Waals surface area contributed by atoms with Gasteiger partial charge in [0.05, 0.1) is 5.41 Å². The molecule has 0 atom stereocenters. The van der Waals surface area contributed by atoms with E-state index in [0.29, 0.717) is 12.6 Å². The lowest BCUT2D eigenvalue weighted by Gasteiger charge is -2.40. The molecule has 0 unspecified atom stereocenters. The van der Waals surface area contributed by atoms with Gasteiger partial charge in [-0.3, -0.25) is 4.79 Å². The van der Waals surface area contributed by atoms with Gasteiger partial charge in [-0.25, -0.2) is 0 Å².